The zero-order valence-electron chi connectivity index (χ0n) is 21.6. The Balaban J connectivity index is 1.48. The molecule has 38 heavy (non-hydrogen) atoms. The van der Waals surface area contributed by atoms with Crippen LogP contribution in [0.25, 0.3) is 11.0 Å². The fourth-order valence-corrected chi connectivity index (χ4v) is 4.80. The number of aromatic nitrogens is 3. The maximum Gasteiger partial charge on any atom is 0.333 e. The molecular formula is C28H29N7O3. The van der Waals surface area contributed by atoms with Gasteiger partial charge < -0.3 is 15.1 Å². The predicted molar refractivity (Wildman–Crippen MR) is 147 cm³/mol. The quantitative estimate of drug-likeness (QED) is 0.312. The summed E-state index contributed by atoms with van der Waals surface area (Å²) in [7, 11) is 3.89. The Morgan fingerprint density at radius 1 is 0.974 bits per heavy atom. The van der Waals surface area contributed by atoms with Gasteiger partial charge in [-0.25, -0.2) is 14.7 Å². The molecule has 5 rings (SSSR count). The minimum absolute atomic E-state index is 0.159. The predicted octanol–water partition coefficient (Wildman–Crippen LogP) is 3.45. The number of fused-ring (bicyclic) bond motifs is 1. The first-order valence-electron chi connectivity index (χ1n) is 12.4. The standard InChI is InChI=1S/C28H29N7O3/c1-19-24-25(34-14-12-32(2)13-15-34)23(17-29-27(24)33(3)31-19)35(18-36)28(38)30-22-11-7-10-21(16-22)26(37)20-8-5-4-6-9-20/h4-11,16-18H,12-15H2,1-3H3,(H,30,38). The lowest BCUT2D eigenvalue weighted by molar-refractivity contribution is -0.106. The molecule has 1 aliphatic rings. The molecule has 1 N–H and O–H groups in total. The van der Waals surface area contributed by atoms with Gasteiger partial charge in [0.25, 0.3) is 0 Å². The molecule has 4 aromatic rings. The van der Waals surface area contributed by atoms with E-state index in [2.05, 4.69) is 32.2 Å². The number of ketones is 1. The number of hydrogen-bond donors (Lipinski definition) is 1. The average Bonchev–Trinajstić information content (AvgIpc) is 3.22. The van der Waals surface area contributed by atoms with Crippen molar-refractivity contribution >= 4 is 46.3 Å². The number of aryl methyl sites for hydroxylation is 2. The van der Waals surface area contributed by atoms with Crippen molar-refractivity contribution in [3.05, 3.63) is 77.6 Å². The molecule has 1 fully saturated rings. The number of likely N-dealkylation sites (N-methyl/N-ethyl adjacent to an activating group) is 1. The third-order valence-electron chi connectivity index (χ3n) is 6.80. The lowest BCUT2D eigenvalue weighted by Gasteiger charge is -2.36. The van der Waals surface area contributed by atoms with Gasteiger partial charge in [-0.1, -0.05) is 42.5 Å². The van der Waals surface area contributed by atoms with Crippen LogP contribution in [0.3, 0.4) is 0 Å². The van der Waals surface area contributed by atoms with Crippen LogP contribution in [0.5, 0.6) is 0 Å². The monoisotopic (exact) mass is 511 g/mol. The highest BCUT2D eigenvalue weighted by Gasteiger charge is 2.28. The summed E-state index contributed by atoms with van der Waals surface area (Å²) in [6, 6.07) is 14.9. The molecule has 0 spiro atoms. The third kappa shape index (κ3) is 4.73. The molecule has 3 amide bonds. The first-order chi connectivity index (χ1) is 18.4. The lowest BCUT2D eigenvalue weighted by atomic mass is 10.0. The second kappa shape index (κ2) is 10.4. The summed E-state index contributed by atoms with van der Waals surface area (Å²) in [5, 5.41) is 8.11. The van der Waals surface area contributed by atoms with E-state index in [0.717, 1.165) is 47.8 Å². The molecule has 0 atom stereocenters. The largest absolute Gasteiger partial charge is 0.367 e. The Labute approximate surface area is 220 Å². The van der Waals surface area contributed by atoms with E-state index in [1.54, 1.807) is 59.4 Å². The topological polar surface area (TPSA) is 104 Å². The Kier molecular flexibility index (Phi) is 6.89. The van der Waals surface area contributed by atoms with Crippen molar-refractivity contribution in [1.29, 1.82) is 0 Å². The molecule has 0 bridgehead atoms. The number of carbonyl (C=O) groups is 3. The van der Waals surface area contributed by atoms with Gasteiger partial charge in [0, 0.05) is 50.0 Å². The van der Waals surface area contributed by atoms with Crippen molar-refractivity contribution in [2.45, 2.75) is 6.92 Å². The molecule has 3 heterocycles. The van der Waals surface area contributed by atoms with Crippen LogP contribution in [0.1, 0.15) is 21.6 Å². The fraction of sp³-hybridized carbons (Fsp3) is 0.250. The molecule has 0 radical (unpaired) electrons. The van der Waals surface area contributed by atoms with Gasteiger partial charge in [0.05, 0.1) is 28.7 Å². The lowest BCUT2D eigenvalue weighted by Crippen LogP contribution is -2.45. The van der Waals surface area contributed by atoms with Crippen LogP contribution in [0, 0.1) is 6.92 Å². The van der Waals surface area contributed by atoms with E-state index < -0.39 is 6.03 Å². The van der Waals surface area contributed by atoms with Crippen LogP contribution < -0.4 is 15.1 Å². The van der Waals surface area contributed by atoms with Crippen molar-refractivity contribution in [2.24, 2.45) is 7.05 Å². The van der Waals surface area contributed by atoms with Gasteiger partial charge in [-0.3, -0.25) is 14.3 Å². The highest BCUT2D eigenvalue weighted by atomic mass is 16.2. The van der Waals surface area contributed by atoms with Gasteiger partial charge in [0.2, 0.25) is 6.41 Å². The van der Waals surface area contributed by atoms with E-state index in [4.69, 9.17) is 0 Å². The normalized spacial score (nSPS) is 13.9. The third-order valence-corrected chi connectivity index (χ3v) is 6.80. The SMILES string of the molecule is Cc1nn(C)c2ncc(N(C=O)C(=O)Nc3cccc(C(=O)c4ccccc4)c3)c(N3CCN(C)CC3)c12. The first kappa shape index (κ1) is 25.1. The Morgan fingerprint density at radius 2 is 1.68 bits per heavy atom. The van der Waals surface area contributed by atoms with E-state index in [1.807, 2.05) is 20.0 Å². The summed E-state index contributed by atoms with van der Waals surface area (Å²) >= 11 is 0. The van der Waals surface area contributed by atoms with Gasteiger partial charge in [-0.15, -0.1) is 0 Å². The minimum atomic E-state index is -0.651. The summed E-state index contributed by atoms with van der Waals surface area (Å²) in [4.78, 5) is 48.6. The summed E-state index contributed by atoms with van der Waals surface area (Å²) < 4.78 is 1.70. The molecule has 0 aliphatic carbocycles. The molecule has 194 valence electrons. The van der Waals surface area contributed by atoms with E-state index in [1.165, 1.54) is 0 Å². The molecule has 10 heteroatoms. The van der Waals surface area contributed by atoms with E-state index in [9.17, 15) is 14.4 Å². The number of nitrogens with one attached hydrogen (secondary N) is 1. The maximum atomic E-state index is 13.4. The second-order valence-corrected chi connectivity index (χ2v) is 9.37. The summed E-state index contributed by atoms with van der Waals surface area (Å²) in [6.45, 7) is 5.05. The second-order valence-electron chi connectivity index (χ2n) is 9.37. The number of pyridine rings is 1. The summed E-state index contributed by atoms with van der Waals surface area (Å²) in [6.07, 6.45) is 2.03. The molecule has 10 nitrogen and oxygen atoms in total. The zero-order chi connectivity index (χ0) is 26.8. The van der Waals surface area contributed by atoms with Crippen molar-refractivity contribution in [2.75, 3.05) is 48.3 Å². The van der Waals surface area contributed by atoms with Crippen molar-refractivity contribution < 1.29 is 14.4 Å². The molecule has 2 aromatic carbocycles. The molecule has 0 unspecified atom stereocenters. The van der Waals surface area contributed by atoms with Crippen molar-refractivity contribution in [1.82, 2.24) is 19.7 Å². The Bertz CT molecular complexity index is 1510. The van der Waals surface area contributed by atoms with Crippen LogP contribution in [0.2, 0.25) is 0 Å². The van der Waals surface area contributed by atoms with Crippen LogP contribution in [-0.2, 0) is 11.8 Å². The van der Waals surface area contributed by atoms with E-state index in [0.29, 0.717) is 34.6 Å². The number of piperazine rings is 1. The van der Waals surface area contributed by atoms with E-state index >= 15 is 0 Å². The maximum absolute atomic E-state index is 13.4. The van der Waals surface area contributed by atoms with Crippen LogP contribution in [0.15, 0.2) is 60.8 Å². The number of anilines is 3. The summed E-state index contributed by atoms with van der Waals surface area (Å²) in [5.41, 5.74) is 3.96. The van der Waals surface area contributed by atoms with Crippen molar-refractivity contribution in [3.63, 3.8) is 0 Å². The van der Waals surface area contributed by atoms with Crippen LogP contribution >= 0.6 is 0 Å². The zero-order valence-corrected chi connectivity index (χ0v) is 21.6. The number of rotatable bonds is 6. The molecule has 1 aliphatic heterocycles. The Hall–Kier alpha value is -4.57. The van der Waals surface area contributed by atoms with Crippen LogP contribution in [0.4, 0.5) is 21.9 Å². The number of urea groups is 1. The number of carbonyl (C=O) groups excluding carboxylic acids is 3. The van der Waals surface area contributed by atoms with Gasteiger partial charge in [0.15, 0.2) is 11.4 Å². The molecule has 1 saturated heterocycles. The smallest absolute Gasteiger partial charge is 0.333 e. The van der Waals surface area contributed by atoms with E-state index in [-0.39, 0.29) is 5.78 Å². The average molecular weight is 512 g/mol. The number of hydrogen-bond acceptors (Lipinski definition) is 7. The van der Waals surface area contributed by atoms with Gasteiger partial charge in [0.1, 0.15) is 0 Å². The first-order valence-corrected chi connectivity index (χ1v) is 12.4. The molecular weight excluding hydrogens is 482 g/mol. The number of amides is 3. The van der Waals surface area contributed by atoms with Gasteiger partial charge >= 0.3 is 6.03 Å². The summed E-state index contributed by atoms with van der Waals surface area (Å²) in [5.74, 6) is -0.159. The molecule has 0 saturated carbocycles. The van der Waals surface area contributed by atoms with Crippen molar-refractivity contribution in [3.8, 4) is 0 Å². The fourth-order valence-electron chi connectivity index (χ4n) is 4.80. The molecule has 2 aromatic heterocycles. The number of imide groups is 1. The minimum Gasteiger partial charge on any atom is -0.367 e. The van der Waals surface area contributed by atoms with Gasteiger partial charge in [-0.05, 0) is 26.1 Å². The van der Waals surface area contributed by atoms with Crippen LogP contribution in [-0.4, -0.2) is 71.1 Å². The number of benzene rings is 2. The number of nitrogens with zero attached hydrogens (tertiary/aromatic N) is 6. The van der Waals surface area contributed by atoms with Gasteiger partial charge in [-0.2, -0.15) is 5.10 Å². The highest BCUT2D eigenvalue weighted by Crippen LogP contribution is 2.38. The highest BCUT2D eigenvalue weighted by molar-refractivity contribution is 6.17. The Morgan fingerprint density at radius 3 is 2.39 bits per heavy atom.